The molecule has 0 unspecified atom stereocenters. The summed E-state index contributed by atoms with van der Waals surface area (Å²) in [6.45, 7) is 1.54. The van der Waals surface area contributed by atoms with Gasteiger partial charge in [0.05, 0.1) is 25.0 Å². The Labute approximate surface area is 124 Å². The maximum absolute atomic E-state index is 12.3. The molecule has 1 aromatic carbocycles. The summed E-state index contributed by atoms with van der Waals surface area (Å²) in [6.07, 6.45) is 0.204. The van der Waals surface area contributed by atoms with E-state index in [1.807, 2.05) is 25.1 Å². The molecule has 1 heterocycles. The van der Waals surface area contributed by atoms with E-state index >= 15 is 0 Å². The molecule has 0 aromatic heterocycles. The zero-order valence-corrected chi connectivity index (χ0v) is 13.2. The summed E-state index contributed by atoms with van der Waals surface area (Å²) in [4.78, 5) is 12.3. The number of carbonyl (C=O) groups is 1. The maximum atomic E-state index is 12.3. The molecule has 2 atom stereocenters. The fourth-order valence-electron chi connectivity index (χ4n) is 1.85. The number of para-hydroxylation sites is 1. The van der Waals surface area contributed by atoms with Crippen LogP contribution in [0.1, 0.15) is 20.3 Å². The molecule has 0 spiro atoms. The van der Waals surface area contributed by atoms with Crippen molar-refractivity contribution in [1.82, 2.24) is 0 Å². The van der Waals surface area contributed by atoms with Gasteiger partial charge in [0.25, 0.3) is 6.64 Å². The molecule has 0 N–H and O–H groups in total. The minimum atomic E-state index is -2.90. The second-order valence-electron chi connectivity index (χ2n) is 4.35. The summed E-state index contributed by atoms with van der Waals surface area (Å²) in [5, 5.41) is 0. The summed E-state index contributed by atoms with van der Waals surface area (Å²) >= 11 is 5.52. The number of anilines is 1. The zero-order chi connectivity index (χ0) is 14.6. The molecular weight excluding hydrogens is 297 g/mol. The van der Waals surface area contributed by atoms with Crippen LogP contribution in [0.15, 0.2) is 30.3 Å². The van der Waals surface area contributed by atoms with Gasteiger partial charge in [-0.15, -0.1) is 0 Å². The number of benzene rings is 1. The first-order chi connectivity index (χ1) is 9.57. The van der Waals surface area contributed by atoms with Crippen molar-refractivity contribution >= 4 is 30.2 Å². The average molecular weight is 315 g/mol. The van der Waals surface area contributed by atoms with Crippen LogP contribution in [0.25, 0.3) is 0 Å². The molecule has 7 heteroatoms. The van der Waals surface area contributed by atoms with E-state index in [2.05, 4.69) is 0 Å². The normalized spacial score (nSPS) is 26.0. The Morgan fingerprint density at radius 1 is 1.50 bits per heavy atom. The highest BCUT2D eigenvalue weighted by atomic mass is 32.5. The van der Waals surface area contributed by atoms with Crippen molar-refractivity contribution in [2.45, 2.75) is 26.4 Å². The molecule has 0 radical (unpaired) electrons. The van der Waals surface area contributed by atoms with Gasteiger partial charge in [0.1, 0.15) is 0 Å². The Balaban J connectivity index is 2.36. The van der Waals surface area contributed by atoms with Crippen LogP contribution < -0.4 is 4.67 Å². The number of hydrogen-bond acceptors (Lipinski definition) is 5. The molecular formula is C13H18NO4PS. The lowest BCUT2D eigenvalue weighted by Gasteiger charge is -2.37. The standard InChI is InChI=1S/C13H18NO4PS/c1-3-16-13(15)14(12-7-5-4-6-8-12)19(20)17-10-9-11(2)18-19/h4-8,11H,3,9-10H2,1-2H3/t11-,19+/m0/s1. The predicted molar refractivity (Wildman–Crippen MR) is 81.3 cm³/mol. The number of amides is 1. The van der Waals surface area contributed by atoms with E-state index in [4.69, 9.17) is 25.6 Å². The van der Waals surface area contributed by atoms with Gasteiger partial charge in [-0.3, -0.25) is 0 Å². The van der Waals surface area contributed by atoms with Gasteiger partial charge in [-0.2, -0.15) is 0 Å². The molecule has 0 saturated carbocycles. The SMILES string of the molecule is CCOC(=O)N(c1ccccc1)[P@@]1(=S)OCC[C@H](C)O1. The molecule has 110 valence electrons. The lowest BCUT2D eigenvalue weighted by molar-refractivity contribution is 0.114. The number of carbonyl (C=O) groups excluding carboxylic acids is 1. The van der Waals surface area contributed by atoms with E-state index < -0.39 is 12.7 Å². The molecule has 0 bridgehead atoms. The van der Waals surface area contributed by atoms with Crippen molar-refractivity contribution in [2.75, 3.05) is 17.9 Å². The minimum Gasteiger partial charge on any atom is -0.449 e. The first-order valence-electron chi connectivity index (χ1n) is 6.52. The molecule has 1 aliphatic rings. The smallest absolute Gasteiger partial charge is 0.421 e. The molecule has 1 fully saturated rings. The number of ether oxygens (including phenoxy) is 1. The lowest BCUT2D eigenvalue weighted by atomic mass is 10.3. The molecule has 0 aliphatic carbocycles. The molecule has 1 aromatic rings. The van der Waals surface area contributed by atoms with Crippen LogP contribution >= 0.6 is 6.64 Å². The molecule has 1 saturated heterocycles. The van der Waals surface area contributed by atoms with Crippen LogP contribution in [0, 0.1) is 0 Å². The lowest BCUT2D eigenvalue weighted by Crippen LogP contribution is -2.34. The second kappa shape index (κ2) is 6.68. The number of rotatable bonds is 3. The topological polar surface area (TPSA) is 48.0 Å². The van der Waals surface area contributed by atoms with E-state index in [9.17, 15) is 4.79 Å². The van der Waals surface area contributed by atoms with Gasteiger partial charge in [0.15, 0.2) is 0 Å². The highest BCUT2D eigenvalue weighted by Gasteiger charge is 2.39. The van der Waals surface area contributed by atoms with Crippen molar-refractivity contribution in [2.24, 2.45) is 0 Å². The van der Waals surface area contributed by atoms with Gasteiger partial charge in [0, 0.05) is 0 Å². The van der Waals surface area contributed by atoms with Crippen molar-refractivity contribution in [3.05, 3.63) is 30.3 Å². The fourth-order valence-corrected chi connectivity index (χ4v) is 4.84. The highest BCUT2D eigenvalue weighted by Crippen LogP contribution is 2.57. The van der Waals surface area contributed by atoms with Crippen molar-refractivity contribution in [1.29, 1.82) is 0 Å². The molecule has 2 rings (SSSR count). The monoisotopic (exact) mass is 315 g/mol. The molecule has 1 amide bonds. The van der Waals surface area contributed by atoms with Gasteiger partial charge >= 0.3 is 6.09 Å². The summed E-state index contributed by atoms with van der Waals surface area (Å²) in [7, 11) is 0. The Morgan fingerprint density at radius 3 is 2.80 bits per heavy atom. The van der Waals surface area contributed by atoms with Crippen LogP contribution in [-0.4, -0.2) is 25.4 Å². The van der Waals surface area contributed by atoms with Crippen LogP contribution in [0.4, 0.5) is 10.5 Å². The van der Waals surface area contributed by atoms with E-state index in [0.717, 1.165) is 6.42 Å². The molecule has 5 nitrogen and oxygen atoms in total. The third-order valence-electron chi connectivity index (χ3n) is 2.78. The summed E-state index contributed by atoms with van der Waals surface area (Å²) in [5.41, 5.74) is 0.628. The third kappa shape index (κ3) is 3.38. The minimum absolute atomic E-state index is 0.0322. The first kappa shape index (κ1) is 15.4. The van der Waals surface area contributed by atoms with Crippen LogP contribution in [0.2, 0.25) is 0 Å². The zero-order valence-electron chi connectivity index (χ0n) is 11.5. The van der Waals surface area contributed by atoms with Crippen molar-refractivity contribution < 1.29 is 18.6 Å². The summed E-state index contributed by atoms with van der Waals surface area (Å²) < 4.78 is 17.9. The van der Waals surface area contributed by atoms with Gasteiger partial charge in [-0.05, 0) is 44.2 Å². The van der Waals surface area contributed by atoms with Crippen molar-refractivity contribution in [3.8, 4) is 0 Å². The van der Waals surface area contributed by atoms with E-state index in [0.29, 0.717) is 12.3 Å². The molecule has 20 heavy (non-hydrogen) atoms. The van der Waals surface area contributed by atoms with Crippen LogP contribution in [-0.2, 0) is 25.6 Å². The Hall–Kier alpha value is -0.940. The Kier molecular flexibility index (Phi) is 5.16. The Bertz CT molecular complexity index is 510. The second-order valence-corrected chi connectivity index (χ2v) is 7.54. The predicted octanol–water partition coefficient (Wildman–Crippen LogP) is 3.70. The van der Waals surface area contributed by atoms with Gasteiger partial charge in [0.2, 0.25) is 0 Å². The Morgan fingerprint density at radius 2 is 2.20 bits per heavy atom. The quantitative estimate of drug-likeness (QED) is 0.796. The van der Waals surface area contributed by atoms with E-state index in [1.54, 1.807) is 19.1 Å². The van der Waals surface area contributed by atoms with Gasteiger partial charge in [-0.25, -0.2) is 9.46 Å². The van der Waals surface area contributed by atoms with Gasteiger partial charge < -0.3 is 13.8 Å². The number of nitrogens with zero attached hydrogens (tertiary/aromatic N) is 1. The molecule has 1 aliphatic heterocycles. The highest BCUT2D eigenvalue weighted by molar-refractivity contribution is 8.11. The van der Waals surface area contributed by atoms with Crippen molar-refractivity contribution in [3.63, 3.8) is 0 Å². The van der Waals surface area contributed by atoms with Gasteiger partial charge in [-0.1, -0.05) is 18.2 Å². The van der Waals surface area contributed by atoms with Crippen LogP contribution in [0.5, 0.6) is 0 Å². The summed E-state index contributed by atoms with van der Waals surface area (Å²) in [6, 6.07) is 9.10. The van der Waals surface area contributed by atoms with Crippen LogP contribution in [0.3, 0.4) is 0 Å². The average Bonchev–Trinajstić information content (AvgIpc) is 2.39. The first-order valence-corrected chi connectivity index (χ1v) is 9.11. The fraction of sp³-hybridized carbons (Fsp3) is 0.462. The van der Waals surface area contributed by atoms with E-state index in [1.165, 1.54) is 4.67 Å². The largest absolute Gasteiger partial charge is 0.449 e. The maximum Gasteiger partial charge on any atom is 0.421 e. The third-order valence-corrected chi connectivity index (χ3v) is 5.86. The van der Waals surface area contributed by atoms with E-state index in [-0.39, 0.29) is 12.7 Å². The number of hydrogen-bond donors (Lipinski definition) is 0. The summed E-state index contributed by atoms with van der Waals surface area (Å²) in [5.74, 6) is 0.